The smallest absolute Gasteiger partial charge is 0.167 e. The van der Waals surface area contributed by atoms with Crippen LogP contribution in [0.3, 0.4) is 0 Å². The lowest BCUT2D eigenvalue weighted by molar-refractivity contribution is -0.0283. The van der Waals surface area contributed by atoms with Gasteiger partial charge in [0, 0.05) is 31.1 Å². The number of hydrogen-bond donors (Lipinski definition) is 1. The molecule has 2 aromatic carbocycles. The second kappa shape index (κ2) is 9.38. The largest absolute Gasteiger partial charge is 0.493 e. The highest BCUT2D eigenvalue weighted by molar-refractivity contribution is 6.01. The average Bonchev–Trinajstić information content (AvgIpc) is 2.77. The molecule has 162 valence electrons. The summed E-state index contributed by atoms with van der Waals surface area (Å²) in [5.41, 5.74) is 2.03. The fourth-order valence-electron chi connectivity index (χ4n) is 4.67. The number of aryl methyl sites for hydroxylation is 1. The van der Waals surface area contributed by atoms with Crippen LogP contribution in [-0.2, 0) is 12.0 Å². The number of hydrogen-bond acceptors (Lipinski definition) is 5. The van der Waals surface area contributed by atoms with Gasteiger partial charge in [-0.1, -0.05) is 30.3 Å². The number of carbonyl (C=O) groups excluding carboxylic acids is 1. The Morgan fingerprint density at radius 3 is 2.33 bits per heavy atom. The predicted octanol–water partition coefficient (Wildman–Crippen LogP) is 3.85. The van der Waals surface area contributed by atoms with Crippen molar-refractivity contribution in [2.45, 2.75) is 31.3 Å². The molecule has 1 N–H and O–H groups in total. The van der Waals surface area contributed by atoms with E-state index in [9.17, 15) is 9.90 Å². The first-order valence-corrected chi connectivity index (χ1v) is 10.3. The molecule has 0 radical (unpaired) electrons. The van der Waals surface area contributed by atoms with E-state index in [0.29, 0.717) is 24.3 Å². The minimum Gasteiger partial charge on any atom is -0.493 e. The molecule has 30 heavy (non-hydrogen) atoms. The van der Waals surface area contributed by atoms with Crippen molar-refractivity contribution in [3.63, 3.8) is 0 Å². The standard InChI is InChI=1S/C24H29NO4.ClH/c1-28-21-14-17-8-9-18(23(26)20(17)15-22(21)29-2)16-25-12-10-24(27,11-13-25)19-6-4-3-5-7-19;/h3-7,14-15,18,27H,8-13,16H2,1-2H3;1H. The Hall–Kier alpha value is -2.08. The van der Waals surface area contributed by atoms with Crippen LogP contribution in [0.4, 0.5) is 0 Å². The third-order valence-corrected chi connectivity index (χ3v) is 6.48. The Labute approximate surface area is 184 Å². The number of nitrogens with zero attached hydrogens (tertiary/aromatic N) is 1. The maximum absolute atomic E-state index is 13.1. The van der Waals surface area contributed by atoms with Gasteiger partial charge in [0.1, 0.15) is 0 Å². The molecule has 1 unspecified atom stereocenters. The van der Waals surface area contributed by atoms with Crippen molar-refractivity contribution >= 4 is 18.2 Å². The maximum Gasteiger partial charge on any atom is 0.167 e. The van der Waals surface area contributed by atoms with Crippen LogP contribution in [0, 0.1) is 5.92 Å². The molecule has 2 aliphatic rings. The van der Waals surface area contributed by atoms with Gasteiger partial charge in [-0.2, -0.15) is 0 Å². The van der Waals surface area contributed by atoms with E-state index >= 15 is 0 Å². The van der Waals surface area contributed by atoms with Crippen LogP contribution in [0.1, 0.15) is 40.7 Å². The summed E-state index contributed by atoms with van der Waals surface area (Å²) in [5, 5.41) is 11.0. The van der Waals surface area contributed by atoms with E-state index < -0.39 is 5.60 Å². The summed E-state index contributed by atoms with van der Waals surface area (Å²) in [6.45, 7) is 2.35. The fourth-order valence-corrected chi connectivity index (χ4v) is 4.67. The number of ketones is 1. The molecule has 6 heteroatoms. The Bertz CT molecular complexity index is 878. The number of likely N-dealkylation sites (tertiary alicyclic amines) is 1. The highest BCUT2D eigenvalue weighted by atomic mass is 35.5. The minimum absolute atomic E-state index is 0. The van der Waals surface area contributed by atoms with Crippen LogP contribution in [-0.4, -0.2) is 49.6 Å². The first-order chi connectivity index (χ1) is 14.0. The number of carbonyl (C=O) groups is 1. The maximum atomic E-state index is 13.1. The van der Waals surface area contributed by atoms with Crippen LogP contribution in [0.25, 0.3) is 0 Å². The summed E-state index contributed by atoms with van der Waals surface area (Å²) in [7, 11) is 3.21. The van der Waals surface area contributed by atoms with Crippen molar-refractivity contribution in [3.8, 4) is 11.5 Å². The Kier molecular flexibility index (Phi) is 7.06. The fraction of sp³-hybridized carbons (Fsp3) is 0.458. The van der Waals surface area contributed by atoms with E-state index in [0.717, 1.165) is 49.2 Å². The lowest BCUT2D eigenvalue weighted by Gasteiger charge is -2.40. The van der Waals surface area contributed by atoms with Gasteiger partial charge in [-0.05, 0) is 48.9 Å². The average molecular weight is 432 g/mol. The molecule has 2 aromatic rings. The van der Waals surface area contributed by atoms with Crippen LogP contribution in [0.15, 0.2) is 42.5 Å². The number of benzene rings is 2. The molecule has 1 aliphatic carbocycles. The predicted molar refractivity (Wildman–Crippen MR) is 119 cm³/mol. The normalized spacial score (nSPS) is 20.8. The van der Waals surface area contributed by atoms with Crippen molar-refractivity contribution < 1.29 is 19.4 Å². The Balaban J connectivity index is 0.00000256. The quantitative estimate of drug-likeness (QED) is 0.779. The zero-order valence-corrected chi connectivity index (χ0v) is 18.4. The number of ether oxygens (including phenoxy) is 2. The number of piperidine rings is 1. The van der Waals surface area contributed by atoms with Crippen molar-refractivity contribution in [2.24, 2.45) is 5.92 Å². The molecule has 0 bridgehead atoms. The first kappa shape index (κ1) is 22.6. The molecular formula is C24H30ClNO4. The number of Topliss-reactive ketones (excluding diaryl/α,β-unsaturated/α-hetero) is 1. The summed E-state index contributed by atoms with van der Waals surface area (Å²) >= 11 is 0. The summed E-state index contributed by atoms with van der Waals surface area (Å²) in [5.74, 6) is 1.46. The highest BCUT2D eigenvalue weighted by Gasteiger charge is 2.36. The lowest BCUT2D eigenvalue weighted by Crippen LogP contribution is -2.45. The Morgan fingerprint density at radius 1 is 1.07 bits per heavy atom. The van der Waals surface area contributed by atoms with Gasteiger partial charge >= 0.3 is 0 Å². The number of fused-ring (bicyclic) bond motifs is 1. The summed E-state index contributed by atoms with van der Waals surface area (Å²) in [6, 6.07) is 13.7. The molecular weight excluding hydrogens is 402 g/mol. The molecule has 4 rings (SSSR count). The molecule has 0 saturated carbocycles. The number of rotatable bonds is 5. The van der Waals surface area contributed by atoms with Gasteiger partial charge in [-0.15, -0.1) is 12.4 Å². The number of methoxy groups -OCH3 is 2. The monoisotopic (exact) mass is 431 g/mol. The second-order valence-electron chi connectivity index (χ2n) is 8.16. The zero-order valence-electron chi connectivity index (χ0n) is 17.6. The molecule has 1 fully saturated rings. The molecule has 5 nitrogen and oxygen atoms in total. The van der Waals surface area contributed by atoms with Crippen molar-refractivity contribution in [3.05, 3.63) is 59.2 Å². The van der Waals surface area contributed by atoms with Crippen LogP contribution in [0.5, 0.6) is 11.5 Å². The summed E-state index contributed by atoms with van der Waals surface area (Å²) in [4.78, 5) is 15.5. The van der Waals surface area contributed by atoms with Gasteiger partial charge in [0.05, 0.1) is 19.8 Å². The Morgan fingerprint density at radius 2 is 1.70 bits per heavy atom. The van der Waals surface area contributed by atoms with Crippen LogP contribution in [0.2, 0.25) is 0 Å². The van der Waals surface area contributed by atoms with Gasteiger partial charge in [0.2, 0.25) is 0 Å². The van der Waals surface area contributed by atoms with Gasteiger partial charge in [0.25, 0.3) is 0 Å². The summed E-state index contributed by atoms with van der Waals surface area (Å²) in [6.07, 6.45) is 3.10. The molecule has 0 amide bonds. The van der Waals surface area contributed by atoms with Gasteiger partial charge in [0.15, 0.2) is 17.3 Å². The van der Waals surface area contributed by atoms with Crippen molar-refractivity contribution in [2.75, 3.05) is 33.9 Å². The van der Waals surface area contributed by atoms with Gasteiger partial charge in [-0.25, -0.2) is 0 Å². The van der Waals surface area contributed by atoms with E-state index in [-0.39, 0.29) is 24.1 Å². The topological polar surface area (TPSA) is 59.0 Å². The van der Waals surface area contributed by atoms with Gasteiger partial charge in [-0.3, -0.25) is 4.79 Å². The van der Waals surface area contributed by atoms with E-state index in [1.165, 1.54) is 0 Å². The highest BCUT2D eigenvalue weighted by Crippen LogP contribution is 2.37. The second-order valence-corrected chi connectivity index (χ2v) is 8.16. The minimum atomic E-state index is -0.759. The van der Waals surface area contributed by atoms with E-state index in [4.69, 9.17) is 9.47 Å². The van der Waals surface area contributed by atoms with Crippen molar-refractivity contribution in [1.82, 2.24) is 4.90 Å². The van der Waals surface area contributed by atoms with Crippen LogP contribution >= 0.6 is 12.4 Å². The molecule has 0 aromatic heterocycles. The molecule has 1 heterocycles. The zero-order chi connectivity index (χ0) is 20.4. The third-order valence-electron chi connectivity index (χ3n) is 6.48. The van der Waals surface area contributed by atoms with E-state index in [1.807, 2.05) is 42.5 Å². The van der Waals surface area contributed by atoms with Crippen molar-refractivity contribution in [1.29, 1.82) is 0 Å². The van der Waals surface area contributed by atoms with E-state index in [2.05, 4.69) is 4.90 Å². The first-order valence-electron chi connectivity index (χ1n) is 10.3. The molecule has 1 atom stereocenters. The third kappa shape index (κ3) is 4.34. The number of halogens is 1. The lowest BCUT2D eigenvalue weighted by atomic mass is 9.80. The molecule has 1 aliphatic heterocycles. The SMILES string of the molecule is COc1cc2c(cc1OC)C(=O)C(CN1CCC(O)(c3ccccc3)CC1)CC2.Cl. The molecule has 1 saturated heterocycles. The summed E-state index contributed by atoms with van der Waals surface area (Å²) < 4.78 is 10.8. The van der Waals surface area contributed by atoms with Gasteiger partial charge < -0.3 is 19.5 Å². The molecule has 0 spiro atoms. The number of aliphatic hydroxyl groups is 1. The van der Waals surface area contributed by atoms with Crippen LogP contribution < -0.4 is 9.47 Å². The van der Waals surface area contributed by atoms with E-state index in [1.54, 1.807) is 14.2 Å².